The number of hydrogen-bond acceptors (Lipinski definition) is 6. The smallest absolute Gasteiger partial charge is 0.312 e. The molecule has 2 aromatic rings. The van der Waals surface area contributed by atoms with E-state index in [0.717, 1.165) is 23.4 Å². The number of anilines is 2. The first-order valence-corrected chi connectivity index (χ1v) is 9.03. The van der Waals surface area contributed by atoms with Gasteiger partial charge in [0.25, 0.3) is 0 Å². The van der Waals surface area contributed by atoms with Crippen LogP contribution < -0.4 is 11.1 Å². The van der Waals surface area contributed by atoms with Crippen molar-refractivity contribution >= 4 is 17.3 Å². The lowest BCUT2D eigenvalue weighted by Gasteiger charge is -2.32. The number of rotatable bonds is 7. The van der Waals surface area contributed by atoms with E-state index in [1.165, 1.54) is 7.11 Å². The molecule has 148 valence electrons. The second kappa shape index (κ2) is 8.00. The van der Waals surface area contributed by atoms with Gasteiger partial charge in [0, 0.05) is 19.5 Å². The van der Waals surface area contributed by atoms with E-state index >= 15 is 0 Å². The molecule has 0 aliphatic heterocycles. The second-order valence-corrected chi connectivity index (χ2v) is 7.26. The molecular weight excluding hydrogens is 344 g/mol. The summed E-state index contributed by atoms with van der Waals surface area (Å²) in [5, 5.41) is 17.4. The summed E-state index contributed by atoms with van der Waals surface area (Å²) in [5.41, 5.74) is 10.2. The van der Waals surface area contributed by atoms with Gasteiger partial charge in [0.2, 0.25) is 0 Å². The Hall–Kier alpha value is -2.54. The number of nitrogens with two attached hydrogens (primary N) is 1. The fourth-order valence-electron chi connectivity index (χ4n) is 3.52. The number of aliphatic hydroxyl groups is 1. The van der Waals surface area contributed by atoms with Crippen LogP contribution >= 0.6 is 0 Å². The number of nitrogen functional groups attached to an aromatic ring is 1. The van der Waals surface area contributed by atoms with Crippen LogP contribution in [0.4, 0.5) is 11.4 Å². The third-order valence-corrected chi connectivity index (χ3v) is 5.12. The molecule has 4 N–H and O–H groups in total. The molecule has 1 unspecified atom stereocenters. The van der Waals surface area contributed by atoms with Gasteiger partial charge in [-0.1, -0.05) is 6.07 Å². The fourth-order valence-corrected chi connectivity index (χ4v) is 3.52. The molecule has 0 saturated heterocycles. The van der Waals surface area contributed by atoms with Crippen molar-refractivity contribution in [2.45, 2.75) is 40.2 Å². The third kappa shape index (κ3) is 3.78. The van der Waals surface area contributed by atoms with Crippen LogP contribution in [0.2, 0.25) is 0 Å². The van der Waals surface area contributed by atoms with E-state index < -0.39 is 5.41 Å². The van der Waals surface area contributed by atoms with Crippen molar-refractivity contribution in [3.63, 3.8) is 0 Å². The standard InChI is InChI=1S/C20H30N4O3/c1-7-22-15-9-8-14(12(2)18(15)21)17(20(3,4)19(26)27-6)16-10-13(11-25)24(5)23-16/h8-10,17,22,25H,7,11,21H2,1-6H3. The molecule has 7 nitrogen and oxygen atoms in total. The number of hydrogen-bond donors (Lipinski definition) is 3. The summed E-state index contributed by atoms with van der Waals surface area (Å²) in [5.74, 6) is -0.716. The first-order valence-electron chi connectivity index (χ1n) is 9.03. The predicted octanol–water partition coefficient (Wildman–Crippen LogP) is 2.57. The highest BCUT2D eigenvalue weighted by atomic mass is 16.5. The molecule has 0 fully saturated rings. The summed E-state index contributed by atoms with van der Waals surface area (Å²) in [7, 11) is 3.15. The largest absolute Gasteiger partial charge is 0.469 e. The minimum Gasteiger partial charge on any atom is -0.469 e. The van der Waals surface area contributed by atoms with E-state index in [-0.39, 0.29) is 18.5 Å². The molecule has 0 spiro atoms. The molecule has 0 bridgehead atoms. The van der Waals surface area contributed by atoms with Gasteiger partial charge in [-0.2, -0.15) is 5.10 Å². The van der Waals surface area contributed by atoms with Gasteiger partial charge in [0.15, 0.2) is 0 Å². The highest BCUT2D eigenvalue weighted by Crippen LogP contribution is 2.44. The highest BCUT2D eigenvalue weighted by Gasteiger charge is 2.42. The highest BCUT2D eigenvalue weighted by molar-refractivity contribution is 5.79. The van der Waals surface area contributed by atoms with Crippen LogP contribution in [0.1, 0.15) is 49.2 Å². The molecule has 0 amide bonds. The SMILES string of the molecule is CCNc1ccc(C(c2cc(CO)n(C)n2)C(C)(C)C(=O)OC)c(C)c1N. The monoisotopic (exact) mass is 374 g/mol. The summed E-state index contributed by atoms with van der Waals surface area (Å²) in [6, 6.07) is 5.73. The average molecular weight is 374 g/mol. The first-order chi connectivity index (χ1) is 12.7. The quantitative estimate of drug-likeness (QED) is 0.508. The molecule has 1 heterocycles. The number of carbonyl (C=O) groups excluding carboxylic acids is 1. The van der Waals surface area contributed by atoms with Crippen LogP contribution in [0.15, 0.2) is 18.2 Å². The van der Waals surface area contributed by atoms with E-state index in [9.17, 15) is 9.90 Å². The van der Waals surface area contributed by atoms with Crippen LogP contribution in [-0.4, -0.2) is 34.5 Å². The van der Waals surface area contributed by atoms with Gasteiger partial charge in [0.1, 0.15) is 0 Å². The van der Waals surface area contributed by atoms with Crippen molar-refractivity contribution in [3.05, 3.63) is 40.7 Å². The zero-order valence-corrected chi connectivity index (χ0v) is 17.0. The van der Waals surface area contributed by atoms with Crippen molar-refractivity contribution in [3.8, 4) is 0 Å². The zero-order chi connectivity index (χ0) is 20.4. The van der Waals surface area contributed by atoms with Crippen LogP contribution in [0.25, 0.3) is 0 Å². The van der Waals surface area contributed by atoms with Crippen LogP contribution in [0.3, 0.4) is 0 Å². The Labute approximate surface area is 160 Å². The Balaban J connectivity index is 2.70. The van der Waals surface area contributed by atoms with Crippen molar-refractivity contribution in [2.75, 3.05) is 24.7 Å². The number of nitrogens with zero attached hydrogens (tertiary/aromatic N) is 2. The number of carbonyl (C=O) groups is 1. The number of ether oxygens (including phenoxy) is 1. The molecule has 0 aliphatic rings. The van der Waals surface area contributed by atoms with E-state index in [2.05, 4.69) is 10.4 Å². The Kier molecular flexibility index (Phi) is 6.15. The number of aromatic nitrogens is 2. The van der Waals surface area contributed by atoms with Crippen LogP contribution in [-0.2, 0) is 23.2 Å². The number of methoxy groups -OCH3 is 1. The number of aliphatic hydroxyl groups excluding tert-OH is 1. The van der Waals surface area contributed by atoms with Gasteiger partial charge in [0.05, 0.1) is 41.9 Å². The maximum Gasteiger partial charge on any atom is 0.312 e. The summed E-state index contributed by atoms with van der Waals surface area (Å²) < 4.78 is 6.69. The van der Waals surface area contributed by atoms with Crippen molar-refractivity contribution < 1.29 is 14.6 Å². The number of benzene rings is 1. The molecule has 1 aromatic carbocycles. The van der Waals surface area contributed by atoms with Crippen molar-refractivity contribution in [1.29, 1.82) is 0 Å². The maximum absolute atomic E-state index is 12.6. The van der Waals surface area contributed by atoms with E-state index in [1.807, 2.05) is 45.9 Å². The Morgan fingerprint density at radius 2 is 2.11 bits per heavy atom. The molecule has 1 atom stereocenters. The first kappa shape index (κ1) is 20.8. The lowest BCUT2D eigenvalue weighted by atomic mass is 9.71. The predicted molar refractivity (Wildman–Crippen MR) is 107 cm³/mol. The number of aryl methyl sites for hydroxylation is 1. The molecular formula is C20H30N4O3. The molecule has 0 saturated carbocycles. The molecule has 0 radical (unpaired) electrons. The average Bonchev–Trinajstić information content (AvgIpc) is 3.00. The Morgan fingerprint density at radius 1 is 1.44 bits per heavy atom. The minimum absolute atomic E-state index is 0.130. The van der Waals surface area contributed by atoms with Crippen LogP contribution in [0, 0.1) is 12.3 Å². The molecule has 2 rings (SSSR count). The third-order valence-electron chi connectivity index (χ3n) is 5.12. The molecule has 0 aliphatic carbocycles. The van der Waals surface area contributed by atoms with Crippen molar-refractivity contribution in [2.24, 2.45) is 12.5 Å². The lowest BCUT2D eigenvalue weighted by Crippen LogP contribution is -2.34. The summed E-state index contributed by atoms with van der Waals surface area (Å²) >= 11 is 0. The molecule has 1 aromatic heterocycles. The Bertz CT molecular complexity index is 827. The van der Waals surface area contributed by atoms with Gasteiger partial charge in [-0.3, -0.25) is 9.48 Å². The summed E-state index contributed by atoms with van der Waals surface area (Å²) in [6.07, 6.45) is 0. The second-order valence-electron chi connectivity index (χ2n) is 7.26. The normalized spacial score (nSPS) is 12.7. The number of esters is 1. The maximum atomic E-state index is 12.6. The fraction of sp³-hybridized carbons (Fsp3) is 0.500. The number of nitrogens with one attached hydrogen (secondary N) is 1. The van der Waals surface area contributed by atoms with Crippen molar-refractivity contribution in [1.82, 2.24) is 9.78 Å². The van der Waals surface area contributed by atoms with Gasteiger partial charge in [-0.25, -0.2) is 0 Å². The van der Waals surface area contributed by atoms with Gasteiger partial charge < -0.3 is 20.9 Å². The van der Waals surface area contributed by atoms with Gasteiger partial charge in [-0.15, -0.1) is 0 Å². The lowest BCUT2D eigenvalue weighted by molar-refractivity contribution is -0.151. The summed E-state index contributed by atoms with van der Waals surface area (Å²) in [4.78, 5) is 12.6. The van der Waals surface area contributed by atoms with E-state index in [4.69, 9.17) is 10.5 Å². The summed E-state index contributed by atoms with van der Waals surface area (Å²) in [6.45, 7) is 8.27. The molecule has 7 heteroatoms. The van der Waals surface area contributed by atoms with Crippen LogP contribution in [0.5, 0.6) is 0 Å². The van der Waals surface area contributed by atoms with Gasteiger partial charge in [-0.05, 0) is 51.0 Å². The zero-order valence-electron chi connectivity index (χ0n) is 17.0. The van der Waals surface area contributed by atoms with Gasteiger partial charge >= 0.3 is 5.97 Å². The Morgan fingerprint density at radius 3 is 2.63 bits per heavy atom. The van der Waals surface area contributed by atoms with E-state index in [0.29, 0.717) is 17.1 Å². The minimum atomic E-state index is -0.882. The van der Waals surface area contributed by atoms with E-state index in [1.54, 1.807) is 11.7 Å². The molecule has 27 heavy (non-hydrogen) atoms. The topological polar surface area (TPSA) is 102 Å².